The van der Waals surface area contributed by atoms with E-state index in [0.29, 0.717) is 0 Å². The summed E-state index contributed by atoms with van der Waals surface area (Å²) in [4.78, 5) is 0. The molecule has 2 nitrogen and oxygen atoms in total. The Morgan fingerprint density at radius 3 is 2.14 bits per heavy atom. The van der Waals surface area contributed by atoms with Crippen molar-refractivity contribution in [2.24, 2.45) is 5.73 Å². The third-order valence-corrected chi connectivity index (χ3v) is 3.98. The average Bonchev–Trinajstić information content (AvgIpc) is 2.37. The molecule has 2 aromatic carbocycles. The normalized spacial score (nSPS) is 12.3. The number of hydrogen-bond acceptors (Lipinski definition) is 2. The van der Waals surface area contributed by atoms with E-state index in [-0.39, 0.29) is 6.04 Å². The fourth-order valence-corrected chi connectivity index (χ4v) is 3.18. The van der Waals surface area contributed by atoms with Crippen LogP contribution < -0.4 is 10.5 Å². The number of nitrogens with two attached hydrogens (primary N) is 1. The second kappa shape index (κ2) is 6.31. The second-order valence-corrected chi connectivity index (χ2v) is 5.94. The van der Waals surface area contributed by atoms with E-state index in [0.717, 1.165) is 12.2 Å². The molecule has 0 spiro atoms. The molecule has 112 valence electrons. The van der Waals surface area contributed by atoms with Crippen LogP contribution in [0.2, 0.25) is 0 Å². The van der Waals surface area contributed by atoms with E-state index in [1.54, 1.807) is 7.11 Å². The Kier molecular flexibility index (Phi) is 4.69. The summed E-state index contributed by atoms with van der Waals surface area (Å²) in [7, 11) is 1.71. The molecule has 0 amide bonds. The predicted octanol–water partition coefficient (Wildman–Crippen LogP) is 4.17. The van der Waals surface area contributed by atoms with Gasteiger partial charge in [-0.1, -0.05) is 35.4 Å². The summed E-state index contributed by atoms with van der Waals surface area (Å²) in [6.45, 7) is 8.50. The van der Waals surface area contributed by atoms with Gasteiger partial charge >= 0.3 is 0 Å². The van der Waals surface area contributed by atoms with Crippen molar-refractivity contribution in [1.29, 1.82) is 0 Å². The van der Waals surface area contributed by atoms with Crippen LogP contribution in [0, 0.1) is 27.7 Å². The van der Waals surface area contributed by atoms with Gasteiger partial charge < -0.3 is 10.5 Å². The standard InChI is InChI=1S/C19H25NO/c1-12-6-7-18(21-5)16(10-12)11-17(20)19-14(3)8-13(2)9-15(19)4/h6-10,17H,11,20H2,1-5H3. The third-order valence-electron chi connectivity index (χ3n) is 3.98. The molecule has 0 fully saturated rings. The summed E-state index contributed by atoms with van der Waals surface area (Å²) in [6.07, 6.45) is 0.787. The molecule has 0 aromatic heterocycles. The maximum Gasteiger partial charge on any atom is 0.122 e. The van der Waals surface area contributed by atoms with Gasteiger partial charge in [-0.05, 0) is 62.4 Å². The highest BCUT2D eigenvalue weighted by molar-refractivity contribution is 5.42. The van der Waals surface area contributed by atoms with E-state index in [9.17, 15) is 0 Å². The van der Waals surface area contributed by atoms with E-state index in [4.69, 9.17) is 10.5 Å². The van der Waals surface area contributed by atoms with Crippen molar-refractivity contribution in [1.82, 2.24) is 0 Å². The first-order valence-corrected chi connectivity index (χ1v) is 7.39. The van der Waals surface area contributed by atoms with Crippen molar-refractivity contribution in [2.75, 3.05) is 7.11 Å². The van der Waals surface area contributed by atoms with Gasteiger partial charge in [0.05, 0.1) is 7.11 Å². The van der Waals surface area contributed by atoms with Crippen LogP contribution in [0.1, 0.15) is 39.4 Å². The Balaban J connectivity index is 2.34. The van der Waals surface area contributed by atoms with Gasteiger partial charge in [0.15, 0.2) is 0 Å². The van der Waals surface area contributed by atoms with Gasteiger partial charge in [0.1, 0.15) is 5.75 Å². The minimum absolute atomic E-state index is 0.0127. The van der Waals surface area contributed by atoms with Crippen LogP contribution in [0.3, 0.4) is 0 Å². The number of hydrogen-bond donors (Lipinski definition) is 1. The van der Waals surface area contributed by atoms with Gasteiger partial charge in [-0.2, -0.15) is 0 Å². The highest BCUT2D eigenvalue weighted by atomic mass is 16.5. The molecule has 0 heterocycles. The van der Waals surface area contributed by atoms with E-state index >= 15 is 0 Å². The molecule has 1 atom stereocenters. The van der Waals surface area contributed by atoms with E-state index in [1.807, 2.05) is 6.07 Å². The van der Waals surface area contributed by atoms with Gasteiger partial charge in [-0.3, -0.25) is 0 Å². The maximum atomic E-state index is 6.50. The minimum atomic E-state index is -0.0127. The monoisotopic (exact) mass is 283 g/mol. The molecule has 2 rings (SSSR count). The van der Waals surface area contributed by atoms with E-state index in [1.165, 1.54) is 33.4 Å². The van der Waals surface area contributed by atoms with Crippen LogP contribution in [0.4, 0.5) is 0 Å². The Labute approximate surface area is 127 Å². The van der Waals surface area contributed by atoms with Crippen molar-refractivity contribution in [3.05, 3.63) is 63.7 Å². The first kappa shape index (κ1) is 15.6. The van der Waals surface area contributed by atoms with Crippen molar-refractivity contribution >= 4 is 0 Å². The van der Waals surface area contributed by atoms with E-state index in [2.05, 4.69) is 52.0 Å². The lowest BCUT2D eigenvalue weighted by molar-refractivity contribution is 0.408. The summed E-state index contributed by atoms with van der Waals surface area (Å²) >= 11 is 0. The summed E-state index contributed by atoms with van der Waals surface area (Å²) < 4.78 is 5.46. The smallest absolute Gasteiger partial charge is 0.122 e. The van der Waals surface area contributed by atoms with Crippen molar-refractivity contribution in [2.45, 2.75) is 40.2 Å². The van der Waals surface area contributed by atoms with E-state index < -0.39 is 0 Å². The topological polar surface area (TPSA) is 35.2 Å². The third kappa shape index (κ3) is 3.45. The quantitative estimate of drug-likeness (QED) is 0.914. The molecular weight excluding hydrogens is 258 g/mol. The summed E-state index contributed by atoms with van der Waals surface area (Å²) in [5.74, 6) is 0.915. The Morgan fingerprint density at radius 2 is 1.57 bits per heavy atom. The van der Waals surface area contributed by atoms with Crippen molar-refractivity contribution in [3.8, 4) is 5.75 Å². The SMILES string of the molecule is COc1ccc(C)cc1CC(N)c1c(C)cc(C)cc1C. The number of benzene rings is 2. The number of aryl methyl sites for hydroxylation is 4. The molecule has 0 aliphatic carbocycles. The maximum absolute atomic E-state index is 6.50. The fraction of sp³-hybridized carbons (Fsp3) is 0.368. The van der Waals surface area contributed by atoms with Crippen LogP contribution in [-0.4, -0.2) is 7.11 Å². The molecule has 2 heteroatoms. The molecule has 1 unspecified atom stereocenters. The lowest BCUT2D eigenvalue weighted by atomic mass is 9.90. The van der Waals surface area contributed by atoms with Gasteiger partial charge in [-0.25, -0.2) is 0 Å². The molecule has 0 bridgehead atoms. The van der Waals surface area contributed by atoms with Gasteiger partial charge in [0, 0.05) is 6.04 Å². The Hall–Kier alpha value is -1.80. The average molecular weight is 283 g/mol. The zero-order chi connectivity index (χ0) is 15.6. The van der Waals surface area contributed by atoms with Crippen molar-refractivity contribution < 1.29 is 4.74 Å². The molecule has 0 radical (unpaired) electrons. The summed E-state index contributed by atoms with van der Waals surface area (Å²) in [5, 5.41) is 0. The number of rotatable bonds is 4. The lowest BCUT2D eigenvalue weighted by Crippen LogP contribution is -2.17. The first-order valence-electron chi connectivity index (χ1n) is 7.39. The Bertz CT molecular complexity index is 623. The molecular formula is C19H25NO. The number of ether oxygens (including phenoxy) is 1. The molecule has 0 aliphatic rings. The molecule has 0 saturated heterocycles. The van der Waals surface area contributed by atoms with Crippen molar-refractivity contribution in [3.63, 3.8) is 0 Å². The molecule has 2 N–H and O–H groups in total. The molecule has 21 heavy (non-hydrogen) atoms. The number of methoxy groups -OCH3 is 1. The van der Waals surface area contributed by atoms with Crippen LogP contribution in [0.25, 0.3) is 0 Å². The minimum Gasteiger partial charge on any atom is -0.496 e. The van der Waals surface area contributed by atoms with Crippen LogP contribution in [0.15, 0.2) is 30.3 Å². The zero-order valence-corrected chi connectivity index (χ0v) is 13.7. The van der Waals surface area contributed by atoms with Crippen LogP contribution in [-0.2, 0) is 6.42 Å². The van der Waals surface area contributed by atoms with Crippen LogP contribution >= 0.6 is 0 Å². The van der Waals surface area contributed by atoms with Gasteiger partial charge in [0.2, 0.25) is 0 Å². The van der Waals surface area contributed by atoms with Gasteiger partial charge in [0.25, 0.3) is 0 Å². The highest BCUT2D eigenvalue weighted by Crippen LogP contribution is 2.28. The molecule has 0 saturated carbocycles. The summed E-state index contributed by atoms with van der Waals surface area (Å²) in [6, 6.07) is 10.6. The second-order valence-electron chi connectivity index (χ2n) is 5.94. The first-order chi connectivity index (χ1) is 9.92. The molecule has 2 aromatic rings. The summed E-state index contributed by atoms with van der Waals surface area (Å²) in [5.41, 5.74) is 14.0. The highest BCUT2D eigenvalue weighted by Gasteiger charge is 2.15. The zero-order valence-electron chi connectivity index (χ0n) is 13.7. The fourth-order valence-electron chi connectivity index (χ4n) is 3.18. The van der Waals surface area contributed by atoms with Crippen LogP contribution in [0.5, 0.6) is 5.75 Å². The largest absolute Gasteiger partial charge is 0.496 e. The Morgan fingerprint density at radius 1 is 0.952 bits per heavy atom. The molecule has 0 aliphatic heterocycles. The predicted molar refractivity (Wildman–Crippen MR) is 89.0 cm³/mol. The lowest BCUT2D eigenvalue weighted by Gasteiger charge is -2.20. The van der Waals surface area contributed by atoms with Gasteiger partial charge in [-0.15, -0.1) is 0 Å².